The standard InChI is InChI=1S/C24H31N3O6/c28-24(20-17-21(26(29)30)19-22(18-20)27(31)32)25-15-11-6-4-2-1-3-5-7-12-16-33-23-13-9-8-10-14-23/h8-10,13-14,17-19H,1-7,11-12,15-16H2,(H,25,28). The molecule has 0 saturated heterocycles. The average Bonchev–Trinajstić information content (AvgIpc) is 2.82. The van der Waals surface area contributed by atoms with Crippen LogP contribution in [0, 0.1) is 20.2 Å². The zero-order valence-corrected chi connectivity index (χ0v) is 18.7. The molecule has 0 atom stereocenters. The number of nitro groups is 2. The zero-order chi connectivity index (χ0) is 23.9. The molecule has 33 heavy (non-hydrogen) atoms. The van der Waals surface area contributed by atoms with E-state index in [9.17, 15) is 25.0 Å². The van der Waals surface area contributed by atoms with Crippen molar-refractivity contribution in [2.75, 3.05) is 13.2 Å². The average molecular weight is 458 g/mol. The lowest BCUT2D eigenvalue weighted by Crippen LogP contribution is -2.24. The van der Waals surface area contributed by atoms with Crippen LogP contribution in [0.1, 0.15) is 68.1 Å². The number of para-hydroxylation sites is 1. The normalized spacial score (nSPS) is 10.5. The minimum atomic E-state index is -0.748. The molecule has 0 aliphatic heterocycles. The molecule has 9 heteroatoms. The van der Waals surface area contributed by atoms with Crippen molar-refractivity contribution in [3.63, 3.8) is 0 Å². The van der Waals surface area contributed by atoms with Gasteiger partial charge in [-0.1, -0.05) is 63.1 Å². The number of rotatable bonds is 16. The van der Waals surface area contributed by atoms with Gasteiger partial charge in [-0.25, -0.2) is 0 Å². The van der Waals surface area contributed by atoms with Crippen LogP contribution >= 0.6 is 0 Å². The molecule has 0 aromatic heterocycles. The molecule has 2 rings (SSSR count). The molecule has 1 amide bonds. The summed E-state index contributed by atoms with van der Waals surface area (Å²) in [7, 11) is 0. The van der Waals surface area contributed by atoms with Crippen molar-refractivity contribution in [1.82, 2.24) is 5.32 Å². The number of hydrogen-bond donors (Lipinski definition) is 1. The van der Waals surface area contributed by atoms with E-state index in [0.717, 1.165) is 69.1 Å². The van der Waals surface area contributed by atoms with Gasteiger partial charge in [0.1, 0.15) is 5.75 Å². The van der Waals surface area contributed by atoms with Gasteiger partial charge in [-0.3, -0.25) is 25.0 Å². The van der Waals surface area contributed by atoms with Crippen LogP contribution in [0.5, 0.6) is 5.75 Å². The third-order valence-electron chi connectivity index (χ3n) is 5.20. The van der Waals surface area contributed by atoms with Gasteiger partial charge >= 0.3 is 0 Å². The quantitative estimate of drug-likeness (QED) is 0.192. The molecule has 2 aromatic carbocycles. The zero-order valence-electron chi connectivity index (χ0n) is 18.7. The number of non-ortho nitro benzene ring substituents is 2. The minimum Gasteiger partial charge on any atom is -0.494 e. The van der Waals surface area contributed by atoms with Gasteiger partial charge in [0, 0.05) is 18.7 Å². The van der Waals surface area contributed by atoms with Crippen LogP contribution in [0.25, 0.3) is 0 Å². The van der Waals surface area contributed by atoms with Gasteiger partial charge in [0.05, 0.1) is 28.1 Å². The first-order valence-corrected chi connectivity index (χ1v) is 11.4. The fourth-order valence-electron chi connectivity index (χ4n) is 3.41. The number of benzene rings is 2. The predicted octanol–water partition coefficient (Wildman–Crippen LogP) is 5.82. The van der Waals surface area contributed by atoms with Crippen molar-refractivity contribution in [3.8, 4) is 5.75 Å². The number of nitro benzene ring substituents is 2. The first kappa shape index (κ1) is 25.8. The van der Waals surface area contributed by atoms with Crippen LogP contribution in [0.15, 0.2) is 48.5 Å². The highest BCUT2D eigenvalue weighted by atomic mass is 16.6. The third-order valence-corrected chi connectivity index (χ3v) is 5.20. The summed E-state index contributed by atoms with van der Waals surface area (Å²) in [6.45, 7) is 1.18. The molecule has 0 fully saturated rings. The van der Waals surface area contributed by atoms with E-state index in [2.05, 4.69) is 5.32 Å². The number of nitrogens with one attached hydrogen (secondary N) is 1. The highest BCUT2D eigenvalue weighted by Gasteiger charge is 2.19. The molecule has 0 spiro atoms. The number of nitrogens with zero attached hydrogens (tertiary/aromatic N) is 2. The van der Waals surface area contributed by atoms with Crippen LogP contribution in [0.2, 0.25) is 0 Å². The Morgan fingerprint density at radius 1 is 0.758 bits per heavy atom. The van der Waals surface area contributed by atoms with Gasteiger partial charge < -0.3 is 10.1 Å². The second-order valence-electron chi connectivity index (χ2n) is 7.85. The Morgan fingerprint density at radius 3 is 1.82 bits per heavy atom. The van der Waals surface area contributed by atoms with Crippen LogP contribution in [-0.2, 0) is 0 Å². The van der Waals surface area contributed by atoms with Gasteiger partial charge in [0.15, 0.2) is 0 Å². The maximum atomic E-state index is 12.2. The molecular formula is C24H31N3O6. The van der Waals surface area contributed by atoms with Gasteiger partial charge in [-0.15, -0.1) is 0 Å². The largest absolute Gasteiger partial charge is 0.494 e. The van der Waals surface area contributed by atoms with Crippen LogP contribution in [0.3, 0.4) is 0 Å². The number of amides is 1. The summed E-state index contributed by atoms with van der Waals surface area (Å²) in [5, 5.41) is 24.5. The molecule has 0 heterocycles. The van der Waals surface area contributed by atoms with Gasteiger partial charge in [0.25, 0.3) is 17.3 Å². The van der Waals surface area contributed by atoms with E-state index in [-0.39, 0.29) is 5.56 Å². The van der Waals surface area contributed by atoms with Crippen molar-refractivity contribution in [1.29, 1.82) is 0 Å². The Balaban J connectivity index is 1.49. The molecule has 178 valence electrons. The number of hydrogen-bond acceptors (Lipinski definition) is 6. The number of carbonyl (C=O) groups excluding carboxylic acids is 1. The van der Waals surface area contributed by atoms with E-state index in [0.29, 0.717) is 6.54 Å². The Bertz CT molecular complexity index is 872. The van der Waals surface area contributed by atoms with E-state index in [1.54, 1.807) is 0 Å². The summed E-state index contributed by atoms with van der Waals surface area (Å²) in [6, 6.07) is 12.8. The molecule has 0 saturated carbocycles. The van der Waals surface area contributed by atoms with Gasteiger partial charge in [-0.2, -0.15) is 0 Å². The second kappa shape index (κ2) is 14.5. The lowest BCUT2D eigenvalue weighted by atomic mass is 10.1. The van der Waals surface area contributed by atoms with E-state index in [1.165, 1.54) is 19.3 Å². The van der Waals surface area contributed by atoms with Crippen LogP contribution in [-0.4, -0.2) is 28.9 Å². The first-order valence-electron chi connectivity index (χ1n) is 11.4. The summed E-state index contributed by atoms with van der Waals surface area (Å²) in [5.41, 5.74) is -1.03. The SMILES string of the molecule is O=C(NCCCCCCCCCCCOc1ccccc1)c1cc([N+](=O)[O-])cc([N+](=O)[O-])c1. The van der Waals surface area contributed by atoms with E-state index >= 15 is 0 Å². The predicted molar refractivity (Wildman–Crippen MR) is 126 cm³/mol. The minimum absolute atomic E-state index is 0.0786. The number of carbonyl (C=O) groups is 1. The van der Waals surface area contributed by atoms with Gasteiger partial charge in [0.2, 0.25) is 0 Å². The maximum absolute atomic E-state index is 12.2. The van der Waals surface area contributed by atoms with E-state index in [1.807, 2.05) is 30.3 Å². The summed E-state index contributed by atoms with van der Waals surface area (Å²) in [6.07, 6.45) is 9.79. The van der Waals surface area contributed by atoms with E-state index in [4.69, 9.17) is 4.74 Å². The second-order valence-corrected chi connectivity index (χ2v) is 7.85. The highest BCUT2D eigenvalue weighted by Crippen LogP contribution is 2.22. The van der Waals surface area contributed by atoms with Crippen LogP contribution in [0.4, 0.5) is 11.4 Å². The van der Waals surface area contributed by atoms with Crippen molar-refractivity contribution in [2.24, 2.45) is 0 Å². The topological polar surface area (TPSA) is 125 Å². The molecule has 0 bridgehead atoms. The lowest BCUT2D eigenvalue weighted by Gasteiger charge is -2.06. The van der Waals surface area contributed by atoms with Crippen LogP contribution < -0.4 is 10.1 Å². The van der Waals surface area contributed by atoms with Crippen molar-refractivity contribution >= 4 is 17.3 Å². The Morgan fingerprint density at radius 2 is 1.27 bits per heavy atom. The molecule has 2 aromatic rings. The lowest BCUT2D eigenvalue weighted by molar-refractivity contribution is -0.394. The molecule has 0 aliphatic rings. The molecule has 0 aliphatic carbocycles. The molecule has 0 unspecified atom stereocenters. The number of ether oxygens (including phenoxy) is 1. The summed E-state index contributed by atoms with van der Waals surface area (Å²) >= 11 is 0. The van der Waals surface area contributed by atoms with Gasteiger partial charge in [-0.05, 0) is 25.0 Å². The maximum Gasteiger partial charge on any atom is 0.277 e. The number of unbranched alkanes of at least 4 members (excludes halogenated alkanes) is 8. The van der Waals surface area contributed by atoms with Crippen molar-refractivity contribution < 1.29 is 19.4 Å². The molecular weight excluding hydrogens is 426 g/mol. The fourth-order valence-corrected chi connectivity index (χ4v) is 3.41. The molecule has 9 nitrogen and oxygen atoms in total. The van der Waals surface area contributed by atoms with Crippen molar-refractivity contribution in [2.45, 2.75) is 57.8 Å². The van der Waals surface area contributed by atoms with Crippen molar-refractivity contribution in [3.05, 3.63) is 74.3 Å². The summed E-state index contributed by atoms with van der Waals surface area (Å²) < 4.78 is 5.68. The monoisotopic (exact) mass is 457 g/mol. The third kappa shape index (κ3) is 10.1. The Kier molecular flexibility index (Phi) is 11.4. The Labute approximate surface area is 193 Å². The highest BCUT2D eigenvalue weighted by molar-refractivity contribution is 5.95. The smallest absolute Gasteiger partial charge is 0.277 e. The first-order chi connectivity index (χ1) is 16.0. The summed E-state index contributed by atoms with van der Waals surface area (Å²) in [4.78, 5) is 32.5. The molecule has 0 radical (unpaired) electrons. The Hall–Kier alpha value is -3.49. The summed E-state index contributed by atoms with van der Waals surface area (Å²) in [5.74, 6) is 0.373. The fraction of sp³-hybridized carbons (Fsp3) is 0.458. The molecule has 1 N–H and O–H groups in total. The van der Waals surface area contributed by atoms with E-state index < -0.39 is 27.1 Å².